The van der Waals surface area contributed by atoms with Crippen LogP contribution in [0.2, 0.25) is 0 Å². The van der Waals surface area contributed by atoms with E-state index in [1.165, 1.54) is 0 Å². The van der Waals surface area contributed by atoms with Crippen LogP contribution in [0.5, 0.6) is 0 Å². The van der Waals surface area contributed by atoms with Crippen LogP contribution < -0.4 is 5.73 Å². The summed E-state index contributed by atoms with van der Waals surface area (Å²) in [5.74, 6) is -0.187. The van der Waals surface area contributed by atoms with Crippen LogP contribution in [0, 0.1) is 12.7 Å². The summed E-state index contributed by atoms with van der Waals surface area (Å²) < 4.78 is 14.9. The van der Waals surface area contributed by atoms with Crippen LogP contribution in [-0.4, -0.2) is 0 Å². The van der Waals surface area contributed by atoms with E-state index in [1.54, 1.807) is 30.4 Å². The van der Waals surface area contributed by atoms with Gasteiger partial charge < -0.3 is 5.73 Å². The van der Waals surface area contributed by atoms with Crippen LogP contribution in [0.15, 0.2) is 34.1 Å². The van der Waals surface area contributed by atoms with E-state index in [2.05, 4.69) is 15.9 Å². The molecule has 1 atom stereocenters. The van der Waals surface area contributed by atoms with Crippen LogP contribution in [0.4, 0.5) is 4.39 Å². The van der Waals surface area contributed by atoms with Crippen molar-refractivity contribution in [1.29, 1.82) is 0 Å². The number of hydrogen-bond donors (Lipinski definition) is 1. The van der Waals surface area contributed by atoms with E-state index >= 15 is 0 Å². The Morgan fingerprint density at radius 2 is 2.18 bits per heavy atom. The number of rotatable bonds is 3. The molecule has 0 aliphatic heterocycles. The topological polar surface area (TPSA) is 26.0 Å². The summed E-state index contributed by atoms with van der Waals surface area (Å²) in [6.45, 7) is 1.76. The van der Waals surface area contributed by atoms with Gasteiger partial charge in [0.05, 0.1) is 0 Å². The maximum atomic E-state index is 13.9. The molecule has 2 rings (SSSR count). The van der Waals surface area contributed by atoms with Crippen LogP contribution >= 0.6 is 27.3 Å². The van der Waals surface area contributed by atoms with Crippen molar-refractivity contribution in [2.75, 3.05) is 0 Å². The minimum Gasteiger partial charge on any atom is -0.324 e. The van der Waals surface area contributed by atoms with Crippen molar-refractivity contribution in [3.63, 3.8) is 0 Å². The van der Waals surface area contributed by atoms with E-state index in [1.807, 2.05) is 17.5 Å². The molecule has 1 heterocycles. The van der Waals surface area contributed by atoms with Gasteiger partial charge in [-0.25, -0.2) is 4.39 Å². The predicted octanol–water partition coefficient (Wildman–Crippen LogP) is 4.20. The van der Waals surface area contributed by atoms with Crippen molar-refractivity contribution in [3.05, 3.63) is 55.9 Å². The summed E-state index contributed by atoms with van der Waals surface area (Å²) in [4.78, 5) is 1.15. The molecule has 17 heavy (non-hydrogen) atoms. The van der Waals surface area contributed by atoms with Gasteiger partial charge in [-0.1, -0.05) is 18.2 Å². The molecule has 0 bridgehead atoms. The van der Waals surface area contributed by atoms with Crippen molar-refractivity contribution < 1.29 is 4.39 Å². The summed E-state index contributed by atoms with van der Waals surface area (Å²) in [6, 6.07) is 7.04. The molecule has 0 amide bonds. The molecule has 0 fully saturated rings. The highest BCUT2D eigenvalue weighted by atomic mass is 79.9. The van der Waals surface area contributed by atoms with E-state index in [0.717, 1.165) is 9.35 Å². The second-order valence-corrected chi connectivity index (χ2v) is 5.84. The monoisotopic (exact) mass is 313 g/mol. The van der Waals surface area contributed by atoms with Crippen molar-refractivity contribution in [2.24, 2.45) is 5.73 Å². The summed E-state index contributed by atoms with van der Waals surface area (Å²) in [6.07, 6.45) is 0.651. The second kappa shape index (κ2) is 5.29. The van der Waals surface area contributed by atoms with E-state index in [9.17, 15) is 4.39 Å². The lowest BCUT2D eigenvalue weighted by molar-refractivity contribution is 0.574. The van der Waals surface area contributed by atoms with Gasteiger partial charge in [-0.15, -0.1) is 11.3 Å². The second-order valence-electron chi connectivity index (χ2n) is 3.98. The number of nitrogens with two attached hydrogens (primary N) is 1. The quantitative estimate of drug-likeness (QED) is 0.903. The van der Waals surface area contributed by atoms with E-state index in [0.29, 0.717) is 17.5 Å². The van der Waals surface area contributed by atoms with Gasteiger partial charge in [-0.3, -0.25) is 0 Å². The largest absolute Gasteiger partial charge is 0.324 e. The van der Waals surface area contributed by atoms with Crippen LogP contribution in [0.25, 0.3) is 0 Å². The number of aryl methyl sites for hydroxylation is 1. The summed E-state index contributed by atoms with van der Waals surface area (Å²) in [5.41, 5.74) is 7.30. The van der Waals surface area contributed by atoms with E-state index in [-0.39, 0.29) is 11.9 Å². The van der Waals surface area contributed by atoms with Crippen LogP contribution in [0.3, 0.4) is 0 Å². The average Bonchev–Trinajstić information content (AvgIpc) is 2.68. The van der Waals surface area contributed by atoms with E-state index < -0.39 is 0 Å². The summed E-state index contributed by atoms with van der Waals surface area (Å²) in [5, 5.41) is 2.00. The molecular weight excluding hydrogens is 301 g/mol. The van der Waals surface area contributed by atoms with Crippen molar-refractivity contribution in [3.8, 4) is 0 Å². The summed E-state index contributed by atoms with van der Waals surface area (Å²) >= 11 is 5.09. The molecule has 1 nitrogen and oxygen atoms in total. The Balaban J connectivity index is 2.23. The molecule has 2 N–H and O–H groups in total. The maximum Gasteiger partial charge on any atom is 0.130 e. The van der Waals surface area contributed by atoms with Crippen molar-refractivity contribution >= 4 is 27.3 Å². The Hall–Kier alpha value is -0.710. The highest BCUT2D eigenvalue weighted by molar-refractivity contribution is 9.10. The van der Waals surface area contributed by atoms with Gasteiger partial charge in [0.25, 0.3) is 0 Å². The maximum absolute atomic E-state index is 13.9. The molecule has 0 saturated carbocycles. The third kappa shape index (κ3) is 2.76. The third-order valence-electron chi connectivity index (χ3n) is 2.72. The van der Waals surface area contributed by atoms with Crippen molar-refractivity contribution in [1.82, 2.24) is 0 Å². The molecule has 90 valence electrons. The Bertz CT molecular complexity index is 524. The Morgan fingerprint density at radius 3 is 2.82 bits per heavy atom. The molecular formula is C13H13BrFNS. The highest BCUT2D eigenvalue weighted by Crippen LogP contribution is 2.28. The predicted molar refractivity (Wildman–Crippen MR) is 73.8 cm³/mol. The van der Waals surface area contributed by atoms with Gasteiger partial charge in [0.15, 0.2) is 0 Å². The average molecular weight is 314 g/mol. The van der Waals surface area contributed by atoms with Gasteiger partial charge in [0, 0.05) is 27.4 Å². The van der Waals surface area contributed by atoms with Gasteiger partial charge in [-0.2, -0.15) is 0 Å². The molecule has 0 aliphatic carbocycles. The molecule has 0 saturated heterocycles. The number of hydrogen-bond acceptors (Lipinski definition) is 2. The lowest BCUT2D eigenvalue weighted by Gasteiger charge is -2.13. The zero-order valence-electron chi connectivity index (χ0n) is 9.41. The highest BCUT2D eigenvalue weighted by Gasteiger charge is 2.15. The van der Waals surface area contributed by atoms with Crippen LogP contribution in [0.1, 0.15) is 22.0 Å². The molecule has 1 aromatic carbocycles. The molecule has 0 aliphatic rings. The third-order valence-corrected chi connectivity index (χ3v) is 4.67. The smallest absolute Gasteiger partial charge is 0.130 e. The fourth-order valence-corrected chi connectivity index (χ4v) is 3.31. The first kappa shape index (κ1) is 12.7. The van der Waals surface area contributed by atoms with Crippen molar-refractivity contribution in [2.45, 2.75) is 19.4 Å². The number of thiophene rings is 1. The Labute approximate surface area is 113 Å². The normalized spacial score (nSPS) is 12.7. The number of benzene rings is 1. The van der Waals surface area contributed by atoms with Crippen LogP contribution in [-0.2, 0) is 6.42 Å². The SMILES string of the molecule is Cc1cccc(C(N)Cc2sccc2Br)c1F. The number of halogens is 2. The fourth-order valence-electron chi connectivity index (χ4n) is 1.74. The standard InChI is InChI=1S/C13H13BrFNS/c1-8-3-2-4-9(13(8)15)11(16)7-12-10(14)5-6-17-12/h2-6,11H,7,16H2,1H3. The zero-order chi connectivity index (χ0) is 12.4. The van der Waals surface area contributed by atoms with Gasteiger partial charge in [0.2, 0.25) is 0 Å². The molecule has 1 unspecified atom stereocenters. The minimum absolute atomic E-state index is 0.187. The molecule has 1 aromatic heterocycles. The van der Waals surface area contributed by atoms with Gasteiger partial charge >= 0.3 is 0 Å². The first-order valence-corrected chi connectivity index (χ1v) is 6.99. The first-order chi connectivity index (χ1) is 8.09. The van der Waals surface area contributed by atoms with E-state index in [4.69, 9.17) is 5.73 Å². The summed E-state index contributed by atoms with van der Waals surface area (Å²) in [7, 11) is 0. The minimum atomic E-state index is -0.301. The lowest BCUT2D eigenvalue weighted by Crippen LogP contribution is -2.15. The lowest BCUT2D eigenvalue weighted by atomic mass is 10.0. The molecule has 0 spiro atoms. The Morgan fingerprint density at radius 1 is 1.41 bits per heavy atom. The molecule has 0 radical (unpaired) electrons. The van der Waals surface area contributed by atoms with Gasteiger partial charge in [-0.05, 0) is 39.9 Å². The molecule has 2 aromatic rings. The zero-order valence-corrected chi connectivity index (χ0v) is 11.8. The molecule has 4 heteroatoms. The fraction of sp³-hybridized carbons (Fsp3) is 0.231. The Kier molecular flexibility index (Phi) is 3.97. The first-order valence-electron chi connectivity index (χ1n) is 5.32. The van der Waals surface area contributed by atoms with Gasteiger partial charge in [0.1, 0.15) is 5.82 Å².